The Morgan fingerprint density at radius 1 is 1.10 bits per heavy atom. The molecule has 1 amide bonds. The van der Waals surface area contributed by atoms with Gasteiger partial charge in [0.2, 0.25) is 5.75 Å². The van der Waals surface area contributed by atoms with E-state index in [2.05, 4.69) is 24.1 Å². The van der Waals surface area contributed by atoms with Crippen molar-refractivity contribution in [3.05, 3.63) is 69.7 Å². The number of hydrogen-bond donors (Lipinski definition) is 1. The summed E-state index contributed by atoms with van der Waals surface area (Å²) < 4.78 is 16.9. The van der Waals surface area contributed by atoms with E-state index in [1.807, 2.05) is 35.7 Å². The maximum Gasteiger partial charge on any atom is 0.251 e. The number of methoxy groups -OCH3 is 2. The molecule has 2 aromatic carbocycles. The first-order chi connectivity index (χ1) is 14.5. The monoisotopic (exact) mass is 426 g/mol. The van der Waals surface area contributed by atoms with Crippen LogP contribution in [0, 0.1) is 0 Å². The molecule has 0 saturated heterocycles. The van der Waals surface area contributed by atoms with Crippen LogP contribution in [0.15, 0.2) is 47.8 Å². The van der Waals surface area contributed by atoms with Crippen molar-refractivity contribution in [3.63, 3.8) is 0 Å². The smallest absolute Gasteiger partial charge is 0.251 e. The average Bonchev–Trinajstić information content (AvgIpc) is 3.25. The number of nitrogens with one attached hydrogen (secondary N) is 1. The largest absolute Gasteiger partial charge is 0.493 e. The van der Waals surface area contributed by atoms with E-state index in [1.54, 1.807) is 23.5 Å². The van der Waals surface area contributed by atoms with Gasteiger partial charge in [-0.15, -0.1) is 11.3 Å². The van der Waals surface area contributed by atoms with E-state index in [-0.39, 0.29) is 5.91 Å². The van der Waals surface area contributed by atoms with Gasteiger partial charge in [-0.1, -0.05) is 44.2 Å². The summed E-state index contributed by atoms with van der Waals surface area (Å²) >= 11 is 1.60. The van der Waals surface area contributed by atoms with Crippen molar-refractivity contribution in [3.8, 4) is 17.2 Å². The van der Waals surface area contributed by atoms with Gasteiger partial charge in [-0.2, -0.15) is 0 Å². The predicted octanol–water partition coefficient (Wildman–Crippen LogP) is 4.79. The molecule has 1 heterocycles. The molecular formula is C23H26N2O4S. The van der Waals surface area contributed by atoms with Crippen LogP contribution in [0.4, 0.5) is 0 Å². The van der Waals surface area contributed by atoms with Gasteiger partial charge in [0.1, 0.15) is 6.61 Å². The van der Waals surface area contributed by atoms with Gasteiger partial charge in [0.05, 0.1) is 31.5 Å². The fraction of sp³-hybridized carbons (Fsp3) is 0.304. The molecule has 6 nitrogen and oxygen atoms in total. The molecule has 30 heavy (non-hydrogen) atoms. The van der Waals surface area contributed by atoms with Gasteiger partial charge in [0.15, 0.2) is 11.5 Å². The van der Waals surface area contributed by atoms with E-state index in [9.17, 15) is 4.79 Å². The molecule has 0 atom stereocenters. The van der Waals surface area contributed by atoms with Crippen LogP contribution in [0.5, 0.6) is 17.2 Å². The summed E-state index contributed by atoms with van der Waals surface area (Å²) in [5.74, 6) is 1.47. The second-order valence-electron chi connectivity index (χ2n) is 7.00. The number of carbonyl (C=O) groups excluding carboxylic acids is 1. The van der Waals surface area contributed by atoms with Crippen molar-refractivity contribution in [1.29, 1.82) is 0 Å². The molecule has 3 rings (SSSR count). The predicted molar refractivity (Wildman–Crippen MR) is 118 cm³/mol. The second kappa shape index (κ2) is 10.1. The Bertz CT molecular complexity index is 961. The van der Waals surface area contributed by atoms with Crippen molar-refractivity contribution in [2.75, 3.05) is 14.2 Å². The number of amides is 1. The molecule has 0 aliphatic carbocycles. The molecule has 0 spiro atoms. The van der Waals surface area contributed by atoms with Gasteiger partial charge in [0.25, 0.3) is 5.91 Å². The van der Waals surface area contributed by atoms with E-state index in [0.717, 1.165) is 16.3 Å². The van der Waals surface area contributed by atoms with E-state index in [1.165, 1.54) is 14.2 Å². The maximum atomic E-state index is 12.7. The minimum absolute atomic E-state index is 0.236. The van der Waals surface area contributed by atoms with Gasteiger partial charge in [-0.3, -0.25) is 4.79 Å². The Morgan fingerprint density at radius 2 is 1.77 bits per heavy atom. The van der Waals surface area contributed by atoms with Crippen molar-refractivity contribution in [2.24, 2.45) is 0 Å². The minimum atomic E-state index is -0.236. The van der Waals surface area contributed by atoms with Crippen molar-refractivity contribution < 1.29 is 19.0 Å². The lowest BCUT2D eigenvalue weighted by atomic mass is 10.1. The first kappa shape index (κ1) is 21.6. The van der Waals surface area contributed by atoms with E-state index >= 15 is 0 Å². The summed E-state index contributed by atoms with van der Waals surface area (Å²) in [5, 5.41) is 5.93. The minimum Gasteiger partial charge on any atom is -0.493 e. The third-order valence-electron chi connectivity index (χ3n) is 4.44. The van der Waals surface area contributed by atoms with Crippen LogP contribution in [0.3, 0.4) is 0 Å². The molecule has 0 fully saturated rings. The first-order valence-electron chi connectivity index (χ1n) is 9.67. The summed E-state index contributed by atoms with van der Waals surface area (Å²) in [4.78, 5) is 17.2. The molecule has 3 aromatic rings. The summed E-state index contributed by atoms with van der Waals surface area (Å²) in [6.45, 7) is 4.92. The van der Waals surface area contributed by atoms with Crippen LogP contribution in [-0.4, -0.2) is 25.1 Å². The Labute approximate surface area is 180 Å². The number of carbonyl (C=O) groups is 1. The van der Waals surface area contributed by atoms with Gasteiger partial charge in [-0.25, -0.2) is 4.98 Å². The normalized spacial score (nSPS) is 10.7. The van der Waals surface area contributed by atoms with Crippen LogP contribution in [0.1, 0.15) is 46.4 Å². The molecular weight excluding hydrogens is 400 g/mol. The molecule has 0 aliphatic rings. The first-order valence-corrected chi connectivity index (χ1v) is 10.5. The Hall–Kier alpha value is -3.06. The van der Waals surface area contributed by atoms with E-state index in [0.29, 0.717) is 41.9 Å². The highest BCUT2D eigenvalue weighted by Crippen LogP contribution is 2.39. The van der Waals surface area contributed by atoms with Gasteiger partial charge < -0.3 is 19.5 Å². The fourth-order valence-electron chi connectivity index (χ4n) is 2.82. The summed E-state index contributed by atoms with van der Waals surface area (Å²) in [5.41, 5.74) is 2.29. The molecule has 1 N–H and O–H groups in total. The summed E-state index contributed by atoms with van der Waals surface area (Å²) in [6, 6.07) is 13.1. The van der Waals surface area contributed by atoms with Crippen LogP contribution < -0.4 is 19.5 Å². The zero-order valence-corrected chi connectivity index (χ0v) is 18.4. The lowest BCUT2D eigenvalue weighted by molar-refractivity contribution is 0.0949. The third kappa shape index (κ3) is 5.30. The highest BCUT2D eigenvalue weighted by atomic mass is 32.1. The van der Waals surface area contributed by atoms with Crippen LogP contribution >= 0.6 is 11.3 Å². The van der Waals surface area contributed by atoms with Gasteiger partial charge >= 0.3 is 0 Å². The van der Waals surface area contributed by atoms with Gasteiger partial charge in [-0.05, 0) is 17.7 Å². The lowest BCUT2D eigenvalue weighted by Gasteiger charge is -2.16. The number of aromatic nitrogens is 1. The van der Waals surface area contributed by atoms with Gasteiger partial charge in [0, 0.05) is 16.9 Å². The Kier molecular flexibility index (Phi) is 7.30. The zero-order valence-electron chi connectivity index (χ0n) is 17.6. The zero-order chi connectivity index (χ0) is 21.5. The Morgan fingerprint density at radius 3 is 2.33 bits per heavy atom. The van der Waals surface area contributed by atoms with E-state index < -0.39 is 0 Å². The molecule has 158 valence electrons. The highest BCUT2D eigenvalue weighted by molar-refractivity contribution is 7.09. The molecule has 0 unspecified atom stereocenters. The Balaban J connectivity index is 1.73. The maximum absolute atomic E-state index is 12.7. The van der Waals surface area contributed by atoms with Crippen molar-refractivity contribution in [2.45, 2.75) is 32.9 Å². The number of thiazole rings is 1. The SMILES string of the molecule is COc1cc(C(=O)NCc2csc(C(C)C)n2)cc(OC)c1OCc1ccccc1. The third-order valence-corrected chi connectivity index (χ3v) is 5.64. The molecule has 0 saturated carbocycles. The second-order valence-corrected chi connectivity index (χ2v) is 7.89. The van der Waals surface area contributed by atoms with E-state index in [4.69, 9.17) is 14.2 Å². The summed E-state index contributed by atoms with van der Waals surface area (Å²) in [7, 11) is 3.07. The number of nitrogens with zero attached hydrogens (tertiary/aromatic N) is 1. The van der Waals surface area contributed by atoms with Crippen molar-refractivity contribution >= 4 is 17.2 Å². The van der Waals surface area contributed by atoms with Crippen LogP contribution in [0.25, 0.3) is 0 Å². The van der Waals surface area contributed by atoms with Crippen LogP contribution in [-0.2, 0) is 13.2 Å². The lowest BCUT2D eigenvalue weighted by Crippen LogP contribution is -2.23. The molecule has 7 heteroatoms. The number of rotatable bonds is 9. The standard InChI is InChI=1S/C23H26N2O4S/c1-15(2)23-25-18(14-30-23)12-24-22(26)17-10-19(27-3)21(20(11-17)28-4)29-13-16-8-6-5-7-9-16/h5-11,14-15H,12-13H2,1-4H3,(H,24,26). The topological polar surface area (TPSA) is 69.7 Å². The van der Waals surface area contributed by atoms with Crippen molar-refractivity contribution in [1.82, 2.24) is 10.3 Å². The molecule has 0 aliphatic heterocycles. The number of benzene rings is 2. The average molecular weight is 427 g/mol. The highest BCUT2D eigenvalue weighted by Gasteiger charge is 2.18. The number of hydrogen-bond acceptors (Lipinski definition) is 6. The van der Waals surface area contributed by atoms with Crippen LogP contribution in [0.2, 0.25) is 0 Å². The number of ether oxygens (including phenoxy) is 3. The molecule has 0 bridgehead atoms. The molecule has 0 radical (unpaired) electrons. The fourth-order valence-corrected chi connectivity index (χ4v) is 3.66. The quantitative estimate of drug-likeness (QED) is 0.533. The molecule has 1 aromatic heterocycles. The summed E-state index contributed by atoms with van der Waals surface area (Å²) in [6.07, 6.45) is 0.